The van der Waals surface area contributed by atoms with Gasteiger partial charge >= 0.3 is 5.69 Å². The third-order valence-electron chi connectivity index (χ3n) is 4.18. The van der Waals surface area contributed by atoms with Gasteiger partial charge in [-0.3, -0.25) is 4.57 Å². The molecule has 1 N–H and O–H groups in total. The van der Waals surface area contributed by atoms with Crippen LogP contribution in [0.25, 0.3) is 11.3 Å². The van der Waals surface area contributed by atoms with E-state index in [9.17, 15) is 4.79 Å². The van der Waals surface area contributed by atoms with Gasteiger partial charge in [-0.1, -0.05) is 65.8 Å². The summed E-state index contributed by atoms with van der Waals surface area (Å²) in [5.74, 6) is 1.68. The summed E-state index contributed by atoms with van der Waals surface area (Å²) in [5.41, 5.74) is 1.83. The second-order valence-corrected chi connectivity index (χ2v) is 7.49. The molecule has 0 unspecified atom stereocenters. The molecule has 0 bridgehead atoms. The fourth-order valence-corrected chi connectivity index (χ4v) is 3.79. The molecule has 28 heavy (non-hydrogen) atoms. The highest BCUT2D eigenvalue weighted by Gasteiger charge is 2.12. The lowest BCUT2D eigenvalue weighted by Crippen LogP contribution is -2.18. The third-order valence-corrected chi connectivity index (χ3v) is 5.37. The zero-order valence-electron chi connectivity index (χ0n) is 14.8. The summed E-state index contributed by atoms with van der Waals surface area (Å²) in [6.07, 6.45) is 2.43. The van der Waals surface area contributed by atoms with E-state index < -0.39 is 0 Å². The predicted octanol–water partition coefficient (Wildman–Crippen LogP) is 4.41. The summed E-state index contributed by atoms with van der Waals surface area (Å²) in [4.78, 5) is 16.4. The minimum absolute atomic E-state index is 0.217. The lowest BCUT2D eigenvalue weighted by Gasteiger charge is -2.05. The molecule has 0 saturated carbocycles. The normalized spacial score (nSPS) is 11.0. The molecule has 0 radical (unpaired) electrons. The summed E-state index contributed by atoms with van der Waals surface area (Å²) in [6.45, 7) is 0.557. The Bertz CT molecular complexity index is 1120. The molecule has 2 aromatic heterocycles. The summed E-state index contributed by atoms with van der Waals surface area (Å²) < 4.78 is 7.44. The number of H-pyrrole nitrogens is 1. The van der Waals surface area contributed by atoms with Crippen molar-refractivity contribution in [2.24, 2.45) is 0 Å². The number of hydrogen-bond acceptors (Lipinski definition) is 5. The van der Waals surface area contributed by atoms with Crippen LogP contribution in [-0.4, -0.2) is 19.7 Å². The van der Waals surface area contributed by atoms with Gasteiger partial charge in [0.25, 0.3) is 0 Å². The molecule has 142 valence electrons. The summed E-state index contributed by atoms with van der Waals surface area (Å²) in [7, 11) is 0. The number of rotatable bonds is 7. The number of nitrogens with one attached hydrogen (secondary N) is 1. The summed E-state index contributed by atoms with van der Waals surface area (Å²) in [6, 6.07) is 17.5. The van der Waals surface area contributed by atoms with Crippen LogP contribution in [0.4, 0.5) is 0 Å². The van der Waals surface area contributed by atoms with E-state index in [1.54, 1.807) is 10.8 Å². The number of nitrogens with zero attached hydrogens (tertiary/aromatic N) is 3. The molecule has 6 nitrogen and oxygen atoms in total. The monoisotopic (exact) mass is 412 g/mol. The van der Waals surface area contributed by atoms with Crippen LogP contribution in [0.5, 0.6) is 0 Å². The molecule has 0 aliphatic rings. The van der Waals surface area contributed by atoms with Gasteiger partial charge in [-0.2, -0.15) is 0 Å². The second-order valence-electron chi connectivity index (χ2n) is 6.12. The van der Waals surface area contributed by atoms with Crippen LogP contribution in [0.15, 0.2) is 75.2 Å². The van der Waals surface area contributed by atoms with Crippen molar-refractivity contribution in [3.05, 3.63) is 87.8 Å². The quantitative estimate of drug-likeness (QED) is 0.455. The van der Waals surface area contributed by atoms with E-state index in [1.807, 2.05) is 54.6 Å². The SMILES string of the molecule is O=c1[nH]nc(SCc2ncc(-c3cccc(Cl)c3)o2)n1CCc1ccccc1. The van der Waals surface area contributed by atoms with Gasteiger partial charge in [0.1, 0.15) is 0 Å². The number of benzene rings is 2. The minimum atomic E-state index is -0.217. The molecule has 0 fully saturated rings. The van der Waals surface area contributed by atoms with Crippen molar-refractivity contribution in [1.29, 1.82) is 0 Å². The Balaban J connectivity index is 1.42. The molecule has 0 spiro atoms. The summed E-state index contributed by atoms with van der Waals surface area (Å²) in [5, 5.41) is 7.90. The van der Waals surface area contributed by atoms with Gasteiger partial charge in [-0.05, 0) is 24.1 Å². The number of aryl methyl sites for hydroxylation is 1. The number of aromatic nitrogens is 4. The van der Waals surface area contributed by atoms with Crippen LogP contribution < -0.4 is 5.69 Å². The maximum Gasteiger partial charge on any atom is 0.343 e. The van der Waals surface area contributed by atoms with Gasteiger partial charge in [0.05, 0.1) is 11.9 Å². The van der Waals surface area contributed by atoms with Crippen molar-refractivity contribution in [1.82, 2.24) is 19.7 Å². The molecular weight excluding hydrogens is 396 g/mol. The van der Waals surface area contributed by atoms with Crippen LogP contribution in [0.2, 0.25) is 5.02 Å². The zero-order chi connectivity index (χ0) is 19.3. The third kappa shape index (κ3) is 4.37. The van der Waals surface area contributed by atoms with E-state index in [2.05, 4.69) is 15.2 Å². The standard InChI is InChI=1S/C20H17ClN4O2S/c21-16-8-4-7-15(11-16)17-12-22-18(27-17)13-28-20-24-23-19(26)25(20)10-9-14-5-2-1-3-6-14/h1-8,11-12H,9-10,13H2,(H,23,26). The van der Waals surface area contributed by atoms with E-state index in [-0.39, 0.29) is 5.69 Å². The Morgan fingerprint density at radius 3 is 2.82 bits per heavy atom. The van der Waals surface area contributed by atoms with Crippen LogP contribution in [-0.2, 0) is 18.7 Å². The Hall–Kier alpha value is -2.77. The summed E-state index contributed by atoms with van der Waals surface area (Å²) >= 11 is 7.43. The lowest BCUT2D eigenvalue weighted by molar-refractivity contribution is 0.529. The number of thioether (sulfide) groups is 1. The molecule has 0 aliphatic carbocycles. The van der Waals surface area contributed by atoms with Crippen molar-refractivity contribution in [3.63, 3.8) is 0 Å². The Morgan fingerprint density at radius 1 is 1.14 bits per heavy atom. The first kappa shape index (κ1) is 18.6. The van der Waals surface area contributed by atoms with Crippen molar-refractivity contribution in [2.75, 3.05) is 0 Å². The molecule has 0 saturated heterocycles. The molecule has 0 aliphatic heterocycles. The Kier molecular flexibility index (Phi) is 5.64. The highest BCUT2D eigenvalue weighted by atomic mass is 35.5. The van der Waals surface area contributed by atoms with Gasteiger partial charge < -0.3 is 4.42 Å². The molecule has 2 heterocycles. The highest BCUT2D eigenvalue weighted by molar-refractivity contribution is 7.98. The fourth-order valence-electron chi connectivity index (χ4n) is 2.77. The van der Waals surface area contributed by atoms with Gasteiger partial charge in [0.15, 0.2) is 10.9 Å². The first-order chi connectivity index (χ1) is 13.7. The van der Waals surface area contributed by atoms with Gasteiger partial charge in [-0.25, -0.2) is 14.9 Å². The molecule has 0 atom stereocenters. The van der Waals surface area contributed by atoms with E-state index in [1.165, 1.54) is 17.3 Å². The van der Waals surface area contributed by atoms with Crippen molar-refractivity contribution >= 4 is 23.4 Å². The molecule has 8 heteroatoms. The maximum atomic E-state index is 12.1. The molecule has 0 amide bonds. The smallest absolute Gasteiger partial charge is 0.343 e. The minimum Gasteiger partial charge on any atom is -0.440 e. The van der Waals surface area contributed by atoms with Crippen molar-refractivity contribution < 1.29 is 4.42 Å². The number of halogens is 1. The molecular formula is C20H17ClN4O2S. The van der Waals surface area contributed by atoms with E-state index in [0.29, 0.717) is 34.1 Å². The number of hydrogen-bond donors (Lipinski definition) is 1. The van der Waals surface area contributed by atoms with Crippen molar-refractivity contribution in [2.45, 2.75) is 23.9 Å². The maximum absolute atomic E-state index is 12.1. The highest BCUT2D eigenvalue weighted by Crippen LogP contribution is 2.26. The average molecular weight is 413 g/mol. The molecule has 4 aromatic rings. The zero-order valence-corrected chi connectivity index (χ0v) is 16.4. The first-order valence-electron chi connectivity index (χ1n) is 8.71. The van der Waals surface area contributed by atoms with Gasteiger partial charge in [0, 0.05) is 17.1 Å². The van der Waals surface area contributed by atoms with Gasteiger partial charge in [0.2, 0.25) is 5.89 Å². The van der Waals surface area contributed by atoms with Crippen LogP contribution in [0.3, 0.4) is 0 Å². The lowest BCUT2D eigenvalue weighted by atomic mass is 10.1. The van der Waals surface area contributed by atoms with E-state index in [0.717, 1.165) is 12.0 Å². The first-order valence-corrected chi connectivity index (χ1v) is 10.1. The Labute approximate surface area is 170 Å². The van der Waals surface area contributed by atoms with Gasteiger partial charge in [-0.15, -0.1) is 5.10 Å². The second kappa shape index (κ2) is 8.50. The number of aromatic amines is 1. The molecule has 4 rings (SSSR count). The fraction of sp³-hybridized carbons (Fsp3) is 0.150. The van der Waals surface area contributed by atoms with E-state index >= 15 is 0 Å². The van der Waals surface area contributed by atoms with Crippen LogP contribution >= 0.6 is 23.4 Å². The predicted molar refractivity (Wildman–Crippen MR) is 110 cm³/mol. The van der Waals surface area contributed by atoms with Crippen LogP contribution in [0, 0.1) is 0 Å². The average Bonchev–Trinajstić information content (AvgIpc) is 3.32. The van der Waals surface area contributed by atoms with Crippen LogP contribution in [0.1, 0.15) is 11.5 Å². The topological polar surface area (TPSA) is 76.7 Å². The Morgan fingerprint density at radius 2 is 2.00 bits per heavy atom. The van der Waals surface area contributed by atoms with Crippen molar-refractivity contribution in [3.8, 4) is 11.3 Å². The molecule has 2 aromatic carbocycles. The largest absolute Gasteiger partial charge is 0.440 e. The number of oxazole rings is 1. The van der Waals surface area contributed by atoms with E-state index in [4.69, 9.17) is 16.0 Å².